The fourth-order valence-electron chi connectivity index (χ4n) is 2.16. The molecule has 1 aromatic heterocycles. The molecule has 10 heteroatoms. The lowest BCUT2D eigenvalue weighted by Gasteiger charge is -2.08. The van der Waals surface area contributed by atoms with Gasteiger partial charge in [0.25, 0.3) is 0 Å². The summed E-state index contributed by atoms with van der Waals surface area (Å²) in [4.78, 5) is 4.00. The van der Waals surface area contributed by atoms with E-state index in [4.69, 9.17) is 0 Å². The molecule has 1 heterocycles. The molecule has 1 N–H and O–H groups in total. The largest absolute Gasteiger partial charge is 0.283 e. The van der Waals surface area contributed by atoms with Crippen molar-refractivity contribution >= 4 is 47.1 Å². The van der Waals surface area contributed by atoms with Crippen LogP contribution in [0, 0.1) is 5.82 Å². The normalized spacial score (nSPS) is 12.4. The maximum Gasteiger partial charge on any atom is 0.237 e. The number of nitrogens with zero attached hydrogens (tertiary/aromatic N) is 1. The SMILES string of the molecule is CS(=O)(=O)c1nc2ccc(NS(=O)(=O)Cc3ccccc3F)cc2s1. The van der Waals surface area contributed by atoms with E-state index in [1.54, 1.807) is 6.07 Å². The van der Waals surface area contributed by atoms with E-state index in [9.17, 15) is 21.2 Å². The second-order valence-electron chi connectivity index (χ2n) is 5.39. The van der Waals surface area contributed by atoms with E-state index in [1.165, 1.54) is 36.4 Å². The fourth-order valence-corrected chi connectivity index (χ4v) is 5.24. The molecule has 0 spiro atoms. The molecule has 25 heavy (non-hydrogen) atoms. The number of benzene rings is 2. The van der Waals surface area contributed by atoms with Crippen molar-refractivity contribution in [2.45, 2.75) is 10.1 Å². The second-order valence-corrected chi connectivity index (χ2v) is 10.3. The summed E-state index contributed by atoms with van der Waals surface area (Å²) >= 11 is 0.957. The number of halogens is 1. The number of aromatic nitrogens is 1. The highest BCUT2D eigenvalue weighted by Crippen LogP contribution is 2.28. The van der Waals surface area contributed by atoms with Crippen LogP contribution in [0.15, 0.2) is 46.8 Å². The molecule has 3 rings (SSSR count). The molecular formula is C15H13FN2O4S3. The van der Waals surface area contributed by atoms with Gasteiger partial charge < -0.3 is 0 Å². The van der Waals surface area contributed by atoms with E-state index >= 15 is 0 Å². The lowest BCUT2D eigenvalue weighted by atomic mass is 10.2. The molecule has 0 amide bonds. The minimum atomic E-state index is -3.82. The van der Waals surface area contributed by atoms with Gasteiger partial charge in [0.15, 0.2) is 0 Å². The first kappa shape index (κ1) is 17.8. The highest BCUT2D eigenvalue weighted by molar-refractivity contribution is 7.92. The molecule has 0 fully saturated rings. The summed E-state index contributed by atoms with van der Waals surface area (Å²) < 4.78 is 64.1. The van der Waals surface area contributed by atoms with Crippen molar-refractivity contribution in [3.63, 3.8) is 0 Å². The molecule has 3 aromatic rings. The molecule has 132 valence electrons. The van der Waals surface area contributed by atoms with Crippen LogP contribution in [0.3, 0.4) is 0 Å². The second kappa shape index (κ2) is 6.36. The van der Waals surface area contributed by atoms with Crippen LogP contribution in [0.5, 0.6) is 0 Å². The van der Waals surface area contributed by atoms with E-state index in [0.29, 0.717) is 10.2 Å². The van der Waals surface area contributed by atoms with Crippen LogP contribution in [0.25, 0.3) is 10.2 Å². The highest BCUT2D eigenvalue weighted by Gasteiger charge is 2.17. The zero-order valence-electron chi connectivity index (χ0n) is 12.9. The molecule has 0 saturated heterocycles. The number of anilines is 1. The van der Waals surface area contributed by atoms with Gasteiger partial charge in [-0.1, -0.05) is 18.2 Å². The molecule has 0 unspecified atom stereocenters. The minimum absolute atomic E-state index is 0.0335. The molecule has 6 nitrogen and oxygen atoms in total. The van der Waals surface area contributed by atoms with Crippen LogP contribution < -0.4 is 4.72 Å². The number of hydrogen-bond acceptors (Lipinski definition) is 6. The van der Waals surface area contributed by atoms with Crippen molar-refractivity contribution in [1.82, 2.24) is 4.98 Å². The highest BCUT2D eigenvalue weighted by atomic mass is 32.2. The van der Waals surface area contributed by atoms with Crippen LogP contribution in [0.1, 0.15) is 5.56 Å². The number of thiazole rings is 1. The Kier molecular flexibility index (Phi) is 4.52. The van der Waals surface area contributed by atoms with Gasteiger partial charge in [-0.15, -0.1) is 11.3 Å². The molecule has 0 aliphatic heterocycles. The number of rotatable bonds is 5. The van der Waals surface area contributed by atoms with Gasteiger partial charge in [-0.05, 0) is 24.3 Å². The summed E-state index contributed by atoms with van der Waals surface area (Å²) in [6.07, 6.45) is 1.06. The monoisotopic (exact) mass is 400 g/mol. The first-order valence-corrected chi connectivity index (χ1v) is 11.3. The lowest BCUT2D eigenvalue weighted by Crippen LogP contribution is -2.15. The summed E-state index contributed by atoms with van der Waals surface area (Å²) in [6, 6.07) is 10.1. The molecule has 0 saturated carbocycles. The van der Waals surface area contributed by atoms with Crippen LogP contribution in [-0.2, 0) is 25.6 Å². The Labute approximate surface area is 148 Å². The number of hydrogen-bond donors (Lipinski definition) is 1. The number of sulfone groups is 1. The third-order valence-corrected chi connectivity index (χ3v) is 7.20. The van der Waals surface area contributed by atoms with Gasteiger partial charge in [-0.25, -0.2) is 26.2 Å². The van der Waals surface area contributed by atoms with Gasteiger partial charge in [0.2, 0.25) is 24.2 Å². The molecule has 0 atom stereocenters. The number of sulfonamides is 1. The number of nitrogens with one attached hydrogen (secondary N) is 1. The van der Waals surface area contributed by atoms with Gasteiger partial charge >= 0.3 is 0 Å². The first-order chi connectivity index (χ1) is 11.6. The molecule has 2 aromatic carbocycles. The maximum atomic E-state index is 13.6. The van der Waals surface area contributed by atoms with Gasteiger partial charge in [0, 0.05) is 11.8 Å². The van der Waals surface area contributed by atoms with E-state index in [1.807, 2.05) is 0 Å². The zero-order valence-corrected chi connectivity index (χ0v) is 15.4. The fraction of sp³-hybridized carbons (Fsp3) is 0.133. The van der Waals surface area contributed by atoms with Crippen LogP contribution in [-0.4, -0.2) is 28.1 Å². The summed E-state index contributed by atoms with van der Waals surface area (Å²) in [7, 11) is -7.26. The summed E-state index contributed by atoms with van der Waals surface area (Å²) in [5, 5.41) is 0. The van der Waals surface area contributed by atoms with Crippen molar-refractivity contribution in [2.75, 3.05) is 11.0 Å². The standard InChI is InChI=1S/C15H13FN2O4S3/c1-24(19,20)15-17-13-7-6-11(8-14(13)23-15)18-25(21,22)9-10-4-2-3-5-12(10)16/h2-8,18H,9H2,1H3. The Balaban J connectivity index is 1.88. The van der Waals surface area contributed by atoms with Crippen LogP contribution in [0.2, 0.25) is 0 Å². The third kappa shape index (κ3) is 4.14. The smallest absolute Gasteiger partial charge is 0.237 e. The molecule has 0 aliphatic carbocycles. The average Bonchev–Trinajstić information content (AvgIpc) is 2.92. The topological polar surface area (TPSA) is 93.2 Å². The van der Waals surface area contributed by atoms with E-state index < -0.39 is 31.4 Å². The van der Waals surface area contributed by atoms with E-state index in [2.05, 4.69) is 9.71 Å². The summed E-state index contributed by atoms with van der Waals surface area (Å²) in [5.74, 6) is -1.10. The van der Waals surface area contributed by atoms with Crippen molar-refractivity contribution in [3.8, 4) is 0 Å². The Bertz CT molecular complexity index is 1150. The zero-order chi connectivity index (χ0) is 18.2. The van der Waals surface area contributed by atoms with Crippen molar-refractivity contribution in [2.24, 2.45) is 0 Å². The molecule has 0 aliphatic rings. The van der Waals surface area contributed by atoms with Gasteiger partial charge in [-0.2, -0.15) is 0 Å². The summed E-state index contributed by atoms with van der Waals surface area (Å²) in [6.45, 7) is 0. The Morgan fingerprint density at radius 2 is 1.84 bits per heavy atom. The van der Waals surface area contributed by atoms with Gasteiger partial charge in [-0.3, -0.25) is 4.72 Å². The lowest BCUT2D eigenvalue weighted by molar-refractivity contribution is 0.591. The maximum absolute atomic E-state index is 13.6. The van der Waals surface area contributed by atoms with Crippen LogP contribution in [0.4, 0.5) is 10.1 Å². The van der Waals surface area contributed by atoms with Crippen molar-refractivity contribution in [1.29, 1.82) is 0 Å². The van der Waals surface area contributed by atoms with Gasteiger partial charge in [0.1, 0.15) is 5.82 Å². The molecular weight excluding hydrogens is 387 g/mol. The Morgan fingerprint density at radius 1 is 1.12 bits per heavy atom. The number of fused-ring (bicyclic) bond motifs is 1. The Morgan fingerprint density at radius 3 is 2.52 bits per heavy atom. The van der Waals surface area contributed by atoms with Crippen molar-refractivity contribution < 1.29 is 21.2 Å². The van der Waals surface area contributed by atoms with Gasteiger partial charge in [0.05, 0.1) is 21.7 Å². The quantitative estimate of drug-likeness (QED) is 0.711. The van der Waals surface area contributed by atoms with Crippen LogP contribution >= 0.6 is 11.3 Å². The first-order valence-electron chi connectivity index (χ1n) is 6.99. The predicted molar refractivity (Wildman–Crippen MR) is 95.4 cm³/mol. The average molecular weight is 400 g/mol. The molecule has 0 bridgehead atoms. The molecule has 0 radical (unpaired) electrons. The Hall–Kier alpha value is -2.04. The van der Waals surface area contributed by atoms with Crippen molar-refractivity contribution in [3.05, 3.63) is 53.8 Å². The minimum Gasteiger partial charge on any atom is -0.283 e. The van der Waals surface area contributed by atoms with E-state index in [0.717, 1.165) is 17.6 Å². The predicted octanol–water partition coefficient (Wildman–Crippen LogP) is 2.78. The third-order valence-electron chi connectivity index (χ3n) is 3.26. The van der Waals surface area contributed by atoms with E-state index in [-0.39, 0.29) is 15.6 Å². The summed E-state index contributed by atoms with van der Waals surface area (Å²) in [5.41, 5.74) is 0.781.